The van der Waals surface area contributed by atoms with E-state index in [1.165, 1.54) is 0 Å². The monoisotopic (exact) mass is 1190 g/mol. The molecule has 21 saturated heterocycles. The molecule has 0 spiro atoms. The molecule has 0 unspecified atom stereocenters. The van der Waals surface area contributed by atoms with E-state index in [1.807, 2.05) is 6.92 Å². The Labute approximate surface area is 460 Å². The van der Waals surface area contributed by atoms with Gasteiger partial charge in [-0.15, -0.1) is 0 Å². The third-order valence-corrected chi connectivity index (χ3v) is 15.7. The molecule has 21 N–H and O–H groups in total. The second kappa shape index (κ2) is 28.6. The number of rotatable bonds is 11. The first-order chi connectivity index (χ1) is 38.7. The summed E-state index contributed by atoms with van der Waals surface area (Å²) in [5, 5.41) is 225. The minimum atomic E-state index is -2.20. The molecule has 21 aliphatic heterocycles. The molecule has 0 amide bonds. The lowest BCUT2D eigenvalue weighted by atomic mass is 9.95. The van der Waals surface area contributed by atoms with Crippen LogP contribution >= 0.6 is 0 Å². The molecule has 35 nitrogen and oxygen atoms in total. The van der Waals surface area contributed by atoms with Gasteiger partial charge >= 0.3 is 0 Å². The van der Waals surface area contributed by atoms with Gasteiger partial charge in [0.1, 0.15) is 171 Å². The Kier molecular flexibility index (Phi) is 23.2. The van der Waals surface area contributed by atoms with Gasteiger partial charge in [0.15, 0.2) is 44.0 Å². The molecule has 35 atom stereocenters. The highest BCUT2D eigenvalue weighted by Crippen LogP contribution is 2.39. The van der Waals surface area contributed by atoms with Crippen molar-refractivity contribution >= 4 is 0 Å². The van der Waals surface area contributed by atoms with Crippen LogP contribution in [0.3, 0.4) is 0 Å². The maximum absolute atomic E-state index is 11.7. The number of ether oxygens (including phenoxy) is 14. The average Bonchev–Trinajstić information content (AvgIpc) is 3.47. The van der Waals surface area contributed by atoms with Crippen LogP contribution in [0.4, 0.5) is 0 Å². The zero-order chi connectivity index (χ0) is 58.9. The van der Waals surface area contributed by atoms with Crippen molar-refractivity contribution in [1.29, 1.82) is 0 Å². The smallest absolute Gasteiger partial charge is 0.187 e. The lowest BCUT2D eigenvalue weighted by molar-refractivity contribution is -0.396. The summed E-state index contributed by atoms with van der Waals surface area (Å²) in [5.41, 5.74) is 0. The Morgan fingerprint density at radius 1 is 0.247 bits per heavy atom. The standard InChI is InChI=1S/C46H79NO34/c1-2-3-4-47-5-12-33-19(54)26(61)40(68-12)76-34-13(6-48)70-42(28(63)21(34)56)78-36-15(8-50)72-44(30(65)23(36)58)80-38-17(10-52)74-46(32(67)25(38)60)81-39-18(11-53)73-45(31(66)24(39)59)79-37-16(9-51)71-43(29(64)22(37)57)77-35-14(7-49)69-41(75-33)27(62)20(35)55/h12-67H,2-11H2,1H3/t12-,13-,14-,15-,16-,17-,18-,19-,20-,21-,22-,23-,24-,25-,26-,27-,28-,29-,30-,31-,32-,33-,34-,35-,36-,37-,38-,39-,40-,41-,42-,43-,44-,45-,46-/m1/s1. The fraction of sp³-hybridized carbons (Fsp3) is 1.00. The molecular weight excluding hydrogens is 1110 g/mol. The van der Waals surface area contributed by atoms with Crippen LogP contribution in [0.1, 0.15) is 19.8 Å². The molecule has 21 fully saturated rings. The van der Waals surface area contributed by atoms with Gasteiger partial charge < -0.3 is 174 Å². The van der Waals surface area contributed by atoms with Crippen molar-refractivity contribution in [2.75, 3.05) is 52.7 Å². The third-order valence-electron chi connectivity index (χ3n) is 15.7. The molecule has 81 heavy (non-hydrogen) atoms. The lowest BCUT2D eigenvalue weighted by Gasteiger charge is -2.50. The molecule has 21 rings (SSSR count). The van der Waals surface area contributed by atoms with Gasteiger partial charge in [0, 0.05) is 6.54 Å². The van der Waals surface area contributed by atoms with E-state index in [9.17, 15) is 102 Å². The number of nitrogens with one attached hydrogen (secondary N) is 1. The summed E-state index contributed by atoms with van der Waals surface area (Å²) in [7, 11) is 0. The van der Waals surface area contributed by atoms with Gasteiger partial charge in [-0.1, -0.05) is 13.3 Å². The van der Waals surface area contributed by atoms with Gasteiger partial charge in [0.2, 0.25) is 0 Å². The molecule has 0 saturated carbocycles. The number of aliphatic hydroxyl groups excluding tert-OH is 20. The van der Waals surface area contributed by atoms with Gasteiger partial charge in [-0.25, -0.2) is 0 Å². The highest BCUT2D eigenvalue weighted by Gasteiger charge is 2.59. The first-order valence-electron chi connectivity index (χ1n) is 26.7. The zero-order valence-electron chi connectivity index (χ0n) is 43.4. The summed E-state index contributed by atoms with van der Waals surface area (Å²) in [6, 6.07) is 0. The molecule has 0 aliphatic carbocycles. The van der Waals surface area contributed by atoms with Crippen LogP contribution in [-0.2, 0) is 66.3 Å². The molecule has 0 aromatic rings. The fourth-order valence-corrected chi connectivity index (χ4v) is 11.0. The summed E-state index contributed by atoms with van der Waals surface area (Å²) in [6.07, 6.45) is -67.3. The average molecular weight is 1190 g/mol. The molecular formula is C46H79NO34. The fourth-order valence-electron chi connectivity index (χ4n) is 11.0. The molecule has 0 aromatic carbocycles. The van der Waals surface area contributed by atoms with Gasteiger partial charge in [-0.3, -0.25) is 0 Å². The van der Waals surface area contributed by atoms with Crippen molar-refractivity contribution in [3.63, 3.8) is 0 Å². The van der Waals surface area contributed by atoms with Crippen molar-refractivity contribution in [3.8, 4) is 0 Å². The number of unbranched alkanes of at least 4 members (excludes halogenated alkanes) is 1. The number of aliphatic hydroxyl groups is 20. The van der Waals surface area contributed by atoms with E-state index in [0.29, 0.717) is 13.0 Å². The van der Waals surface area contributed by atoms with E-state index in [1.54, 1.807) is 0 Å². The maximum atomic E-state index is 11.7. The van der Waals surface area contributed by atoms with Gasteiger partial charge in [0.05, 0.1) is 39.6 Å². The second-order valence-electron chi connectivity index (χ2n) is 21.0. The van der Waals surface area contributed by atoms with E-state index in [2.05, 4.69) is 5.32 Å². The quantitative estimate of drug-likeness (QED) is 0.0854. The van der Waals surface area contributed by atoms with Crippen molar-refractivity contribution in [2.45, 2.75) is 235 Å². The summed E-state index contributed by atoms with van der Waals surface area (Å²) < 4.78 is 81.1. The van der Waals surface area contributed by atoms with Crippen molar-refractivity contribution in [3.05, 3.63) is 0 Å². The predicted octanol–water partition coefficient (Wildman–Crippen LogP) is -13.8. The van der Waals surface area contributed by atoms with E-state index in [-0.39, 0.29) is 6.54 Å². The van der Waals surface area contributed by atoms with E-state index < -0.39 is 255 Å². The SMILES string of the molecule is CCCCNC[C@H]1O[C@@H]2O[C@H]3[C@H](O)[C@@H](O)[C@@H](O[C@H]4[C@H](O)[C@@H](O)[C@@H](O[C@H]5[C@H](O)[C@@H](O)[C@@H](O[C@H]6[C@H](O)[C@@H](O)[C@@H](O[C@H]7[C@H](O)[C@@H](O)[C@@H](O[C@H]8[C@H](O)[C@@H](O)[C@@H](O[C@H]1[C@H](O)[C@H]2O)O[C@@H]8CO)O[C@@H]7CO)O[C@@H]6CO)O[C@@H]5CO)O[C@@H]4CO)O[C@@H]3CO. The molecule has 35 heteroatoms. The zero-order valence-corrected chi connectivity index (χ0v) is 43.4. The topological polar surface area (TPSA) is 546 Å². The van der Waals surface area contributed by atoms with Gasteiger partial charge in [-0.2, -0.15) is 0 Å². The van der Waals surface area contributed by atoms with Crippen LogP contribution in [0, 0.1) is 0 Å². The summed E-state index contributed by atoms with van der Waals surface area (Å²) >= 11 is 0. The molecule has 0 radical (unpaired) electrons. The molecule has 472 valence electrons. The van der Waals surface area contributed by atoms with E-state index >= 15 is 0 Å². The molecule has 14 bridgehead atoms. The van der Waals surface area contributed by atoms with Gasteiger partial charge in [0.25, 0.3) is 0 Å². The first-order valence-corrected chi connectivity index (χ1v) is 26.7. The second-order valence-corrected chi connectivity index (χ2v) is 21.0. The Morgan fingerprint density at radius 2 is 0.420 bits per heavy atom. The minimum absolute atomic E-state index is 0.186. The minimum Gasteiger partial charge on any atom is -0.394 e. The van der Waals surface area contributed by atoms with E-state index in [0.717, 1.165) is 6.42 Å². The Bertz CT molecular complexity index is 1890. The lowest BCUT2D eigenvalue weighted by Crippen LogP contribution is -2.68. The molecule has 21 aliphatic rings. The van der Waals surface area contributed by atoms with Crippen molar-refractivity contribution in [1.82, 2.24) is 5.32 Å². The van der Waals surface area contributed by atoms with Crippen LogP contribution in [-0.4, -0.2) is 370 Å². The summed E-state index contributed by atoms with van der Waals surface area (Å²) in [5.74, 6) is 0. The predicted molar refractivity (Wildman–Crippen MR) is 249 cm³/mol. The third kappa shape index (κ3) is 13.5. The summed E-state index contributed by atoms with van der Waals surface area (Å²) in [6.45, 7) is -4.06. The Balaban J connectivity index is 1.09. The van der Waals surface area contributed by atoms with Crippen LogP contribution in [0.15, 0.2) is 0 Å². The van der Waals surface area contributed by atoms with Crippen LogP contribution in [0.2, 0.25) is 0 Å². The van der Waals surface area contributed by atoms with Gasteiger partial charge in [-0.05, 0) is 13.0 Å². The highest BCUT2D eigenvalue weighted by molar-refractivity contribution is 5.02. The first kappa shape index (κ1) is 65.6. The molecule has 0 aromatic heterocycles. The van der Waals surface area contributed by atoms with Crippen molar-refractivity contribution < 1.29 is 168 Å². The number of hydrogen-bond donors (Lipinski definition) is 21. The van der Waals surface area contributed by atoms with E-state index in [4.69, 9.17) is 66.3 Å². The molecule has 21 heterocycles. The maximum Gasteiger partial charge on any atom is 0.187 e. The highest BCUT2D eigenvalue weighted by atomic mass is 16.8. The van der Waals surface area contributed by atoms with Crippen LogP contribution in [0.25, 0.3) is 0 Å². The largest absolute Gasteiger partial charge is 0.394 e. The normalized spacial score (nSPS) is 53.2. The van der Waals surface area contributed by atoms with Crippen LogP contribution < -0.4 is 5.32 Å². The Morgan fingerprint density at radius 3 is 0.593 bits per heavy atom. The Hall–Kier alpha value is -1.40. The number of hydrogen-bond acceptors (Lipinski definition) is 35. The summed E-state index contributed by atoms with van der Waals surface area (Å²) in [4.78, 5) is 0. The van der Waals surface area contributed by atoms with Crippen molar-refractivity contribution in [2.24, 2.45) is 0 Å². The van der Waals surface area contributed by atoms with Crippen LogP contribution in [0.5, 0.6) is 0 Å².